The minimum Gasteiger partial charge on any atom is -0.497 e. The molecule has 7 nitrogen and oxygen atoms in total. The Morgan fingerprint density at radius 1 is 1.00 bits per heavy atom. The molecule has 0 fully saturated rings. The van der Waals surface area contributed by atoms with E-state index in [0.29, 0.717) is 23.1 Å². The number of rotatable bonds is 6. The van der Waals surface area contributed by atoms with E-state index in [2.05, 4.69) is 21.7 Å². The van der Waals surface area contributed by atoms with E-state index in [0.717, 1.165) is 16.8 Å². The molecule has 3 aromatic rings. The maximum absolute atomic E-state index is 12.5. The number of ether oxygens (including phenoxy) is 1. The molecule has 29 heavy (non-hydrogen) atoms. The normalized spacial score (nSPS) is 10.5. The van der Waals surface area contributed by atoms with Crippen LogP contribution in [0.15, 0.2) is 53.3 Å². The molecule has 1 amide bonds. The van der Waals surface area contributed by atoms with Crippen LogP contribution in [-0.2, 0) is 11.3 Å². The number of aryl methyl sites for hydroxylation is 3. The van der Waals surface area contributed by atoms with Gasteiger partial charge < -0.3 is 15.4 Å². The van der Waals surface area contributed by atoms with Crippen LogP contribution < -0.4 is 20.9 Å². The molecule has 150 valence electrons. The number of methoxy groups -OCH3 is 1. The number of hydrogen-bond acceptors (Lipinski definition) is 5. The van der Waals surface area contributed by atoms with Gasteiger partial charge in [-0.1, -0.05) is 6.07 Å². The Balaban J connectivity index is 1.84. The molecule has 0 aliphatic heterocycles. The molecule has 2 N–H and O–H groups in total. The van der Waals surface area contributed by atoms with Gasteiger partial charge in [-0.05, 0) is 68.3 Å². The minimum atomic E-state index is -0.327. The molecule has 0 saturated heterocycles. The first-order valence-corrected chi connectivity index (χ1v) is 9.22. The average Bonchev–Trinajstić information content (AvgIpc) is 2.64. The number of benzene rings is 2. The third-order valence-electron chi connectivity index (χ3n) is 4.29. The Hall–Kier alpha value is -3.61. The molecule has 3 rings (SSSR count). The van der Waals surface area contributed by atoms with Crippen LogP contribution in [0.2, 0.25) is 0 Å². The summed E-state index contributed by atoms with van der Waals surface area (Å²) < 4.78 is 6.43. The molecule has 0 bridgehead atoms. The summed E-state index contributed by atoms with van der Waals surface area (Å²) in [5, 5.41) is 5.96. The van der Waals surface area contributed by atoms with Crippen LogP contribution in [0, 0.1) is 20.8 Å². The van der Waals surface area contributed by atoms with Crippen molar-refractivity contribution in [2.75, 3.05) is 17.7 Å². The molecular formula is C22H24N4O3. The molecule has 7 heteroatoms. The molecule has 2 aromatic carbocycles. The Bertz CT molecular complexity index is 1070. The summed E-state index contributed by atoms with van der Waals surface area (Å²) in [5.74, 6) is 0.693. The highest BCUT2D eigenvalue weighted by Gasteiger charge is 2.12. The van der Waals surface area contributed by atoms with Crippen LogP contribution in [0.1, 0.15) is 16.8 Å². The zero-order valence-corrected chi connectivity index (χ0v) is 16.9. The molecule has 0 aliphatic rings. The SMILES string of the molecule is COc1ccc(NC(=O)Cn2c(Nc3cc(C)cc(C)c3)nc(C)cc2=O)cc1. The zero-order valence-electron chi connectivity index (χ0n) is 16.9. The second-order valence-electron chi connectivity index (χ2n) is 6.92. The van der Waals surface area contributed by atoms with Gasteiger partial charge in [0.05, 0.1) is 7.11 Å². The van der Waals surface area contributed by atoms with Crippen molar-refractivity contribution in [3.63, 3.8) is 0 Å². The number of hydrogen-bond donors (Lipinski definition) is 2. The smallest absolute Gasteiger partial charge is 0.255 e. The van der Waals surface area contributed by atoms with Crippen LogP contribution in [0.4, 0.5) is 17.3 Å². The first-order chi connectivity index (χ1) is 13.8. The molecule has 0 spiro atoms. The second kappa shape index (κ2) is 8.60. The Morgan fingerprint density at radius 2 is 1.66 bits per heavy atom. The molecular weight excluding hydrogens is 368 g/mol. The highest BCUT2D eigenvalue weighted by atomic mass is 16.5. The van der Waals surface area contributed by atoms with Gasteiger partial charge in [0.25, 0.3) is 5.56 Å². The highest BCUT2D eigenvalue weighted by Crippen LogP contribution is 2.19. The Kier molecular flexibility index (Phi) is 5.97. The van der Waals surface area contributed by atoms with Gasteiger partial charge in [0.1, 0.15) is 12.3 Å². The second-order valence-corrected chi connectivity index (χ2v) is 6.92. The van der Waals surface area contributed by atoms with Crippen molar-refractivity contribution in [3.8, 4) is 5.75 Å². The summed E-state index contributed by atoms with van der Waals surface area (Å²) in [6, 6.07) is 14.4. The maximum Gasteiger partial charge on any atom is 0.255 e. The summed E-state index contributed by atoms with van der Waals surface area (Å²) in [7, 11) is 1.58. The van der Waals surface area contributed by atoms with Crippen molar-refractivity contribution in [1.29, 1.82) is 0 Å². The lowest BCUT2D eigenvalue weighted by atomic mass is 10.1. The first kappa shape index (κ1) is 20.1. The number of anilines is 3. The molecule has 1 aromatic heterocycles. The van der Waals surface area contributed by atoms with Crippen molar-refractivity contribution >= 4 is 23.2 Å². The van der Waals surface area contributed by atoms with Gasteiger partial charge in [-0.2, -0.15) is 0 Å². The Morgan fingerprint density at radius 3 is 2.28 bits per heavy atom. The van der Waals surface area contributed by atoms with Gasteiger partial charge in [0, 0.05) is 23.1 Å². The number of aromatic nitrogens is 2. The summed E-state index contributed by atoms with van der Waals surface area (Å²) in [5.41, 5.74) is 3.89. The van der Waals surface area contributed by atoms with Crippen molar-refractivity contribution in [1.82, 2.24) is 9.55 Å². The first-order valence-electron chi connectivity index (χ1n) is 9.22. The lowest BCUT2D eigenvalue weighted by Crippen LogP contribution is -2.30. The van der Waals surface area contributed by atoms with E-state index in [1.54, 1.807) is 38.3 Å². The molecule has 0 aliphatic carbocycles. The predicted molar refractivity (Wildman–Crippen MR) is 114 cm³/mol. The fourth-order valence-corrected chi connectivity index (χ4v) is 3.06. The largest absolute Gasteiger partial charge is 0.497 e. The van der Waals surface area contributed by atoms with Crippen LogP contribution >= 0.6 is 0 Å². The predicted octanol–water partition coefficient (Wildman–Crippen LogP) is 3.56. The summed E-state index contributed by atoms with van der Waals surface area (Å²) in [6.45, 7) is 5.58. The third-order valence-corrected chi connectivity index (χ3v) is 4.29. The van der Waals surface area contributed by atoms with E-state index < -0.39 is 0 Å². The zero-order chi connectivity index (χ0) is 21.0. The molecule has 0 saturated carbocycles. The highest BCUT2D eigenvalue weighted by molar-refractivity contribution is 5.90. The van der Waals surface area contributed by atoms with Gasteiger partial charge in [-0.15, -0.1) is 0 Å². The standard InChI is InChI=1S/C22H24N4O3/c1-14-9-15(2)11-18(10-14)25-22-23-16(3)12-21(28)26(22)13-20(27)24-17-5-7-19(29-4)8-6-17/h5-12H,13H2,1-4H3,(H,23,25)(H,24,27). The van der Waals surface area contributed by atoms with Crippen LogP contribution in [-0.4, -0.2) is 22.6 Å². The lowest BCUT2D eigenvalue weighted by Gasteiger charge is -2.15. The fourth-order valence-electron chi connectivity index (χ4n) is 3.06. The van der Waals surface area contributed by atoms with Gasteiger partial charge >= 0.3 is 0 Å². The molecule has 1 heterocycles. The average molecular weight is 392 g/mol. The van der Waals surface area contributed by atoms with E-state index in [-0.39, 0.29) is 18.0 Å². The van der Waals surface area contributed by atoms with Gasteiger partial charge in [-0.25, -0.2) is 4.98 Å². The minimum absolute atomic E-state index is 0.161. The molecule has 0 unspecified atom stereocenters. The number of carbonyl (C=O) groups is 1. The lowest BCUT2D eigenvalue weighted by molar-refractivity contribution is -0.116. The van der Waals surface area contributed by atoms with Gasteiger partial charge in [-0.3, -0.25) is 14.2 Å². The van der Waals surface area contributed by atoms with E-state index in [1.807, 2.05) is 26.0 Å². The van der Waals surface area contributed by atoms with Crippen LogP contribution in [0.5, 0.6) is 5.75 Å². The summed E-state index contributed by atoms with van der Waals surface area (Å²) in [4.78, 5) is 29.5. The Labute approximate surface area is 169 Å². The van der Waals surface area contributed by atoms with E-state index in [9.17, 15) is 9.59 Å². The molecule has 0 radical (unpaired) electrons. The van der Waals surface area contributed by atoms with E-state index >= 15 is 0 Å². The number of nitrogens with zero attached hydrogens (tertiary/aromatic N) is 2. The number of amides is 1. The maximum atomic E-state index is 12.5. The fraction of sp³-hybridized carbons (Fsp3) is 0.227. The quantitative estimate of drug-likeness (QED) is 0.670. The van der Waals surface area contributed by atoms with E-state index in [4.69, 9.17) is 4.74 Å². The van der Waals surface area contributed by atoms with Crippen molar-refractivity contribution in [2.45, 2.75) is 27.3 Å². The van der Waals surface area contributed by atoms with Crippen molar-refractivity contribution < 1.29 is 9.53 Å². The van der Waals surface area contributed by atoms with Crippen molar-refractivity contribution in [2.24, 2.45) is 0 Å². The summed E-state index contributed by atoms with van der Waals surface area (Å²) >= 11 is 0. The molecule has 0 atom stereocenters. The topological polar surface area (TPSA) is 85.2 Å². The monoisotopic (exact) mass is 392 g/mol. The van der Waals surface area contributed by atoms with Crippen LogP contribution in [0.25, 0.3) is 0 Å². The van der Waals surface area contributed by atoms with Gasteiger partial charge in [0.15, 0.2) is 0 Å². The van der Waals surface area contributed by atoms with Crippen LogP contribution in [0.3, 0.4) is 0 Å². The number of carbonyl (C=O) groups excluding carboxylic acids is 1. The number of nitrogens with one attached hydrogen (secondary N) is 2. The van der Waals surface area contributed by atoms with Crippen molar-refractivity contribution in [3.05, 3.63) is 75.7 Å². The van der Waals surface area contributed by atoms with Gasteiger partial charge in [0.2, 0.25) is 11.9 Å². The van der Waals surface area contributed by atoms with E-state index in [1.165, 1.54) is 10.6 Å². The third kappa shape index (κ3) is 5.22. The summed E-state index contributed by atoms with van der Waals surface area (Å²) in [6.07, 6.45) is 0.